The number of thiazole rings is 2. The molecule has 0 aliphatic heterocycles. The van der Waals surface area contributed by atoms with E-state index in [1.54, 1.807) is 22.7 Å². The third kappa shape index (κ3) is 3.48. The summed E-state index contributed by atoms with van der Waals surface area (Å²) in [6.07, 6.45) is 8.43. The summed E-state index contributed by atoms with van der Waals surface area (Å²) >= 11 is 3.32. The second-order valence-electron chi connectivity index (χ2n) is 6.54. The highest BCUT2D eigenvalue weighted by molar-refractivity contribution is 7.13. The van der Waals surface area contributed by atoms with Crippen molar-refractivity contribution in [2.75, 3.05) is 0 Å². The maximum Gasteiger partial charge on any atom is 0.263 e. The summed E-state index contributed by atoms with van der Waals surface area (Å²) < 4.78 is 0. The highest BCUT2D eigenvalue weighted by atomic mass is 32.1. The molecule has 2 aliphatic rings. The first-order valence-corrected chi connectivity index (χ1v) is 10.0. The highest BCUT2D eigenvalue weighted by Gasteiger charge is 2.25. The van der Waals surface area contributed by atoms with Crippen molar-refractivity contribution >= 4 is 28.6 Å². The Morgan fingerprint density at radius 2 is 2.00 bits per heavy atom. The number of carbonyl (C=O) groups excluding carboxylic acids is 1. The third-order valence-corrected chi connectivity index (χ3v) is 6.83. The summed E-state index contributed by atoms with van der Waals surface area (Å²) in [7, 11) is 0. The molecule has 0 aromatic carbocycles. The molecule has 4 rings (SSSR count). The van der Waals surface area contributed by atoms with E-state index in [2.05, 4.69) is 15.3 Å². The first-order chi connectivity index (χ1) is 11.2. The minimum absolute atomic E-state index is 0.00443. The van der Waals surface area contributed by atoms with Gasteiger partial charge in [-0.05, 0) is 51.4 Å². The van der Waals surface area contributed by atoms with E-state index in [1.807, 2.05) is 6.92 Å². The maximum atomic E-state index is 12.4. The Morgan fingerprint density at radius 1 is 1.17 bits per heavy atom. The van der Waals surface area contributed by atoms with Crippen LogP contribution in [0.4, 0.5) is 0 Å². The molecule has 2 aliphatic carbocycles. The van der Waals surface area contributed by atoms with Crippen molar-refractivity contribution in [3.8, 4) is 0 Å². The molecule has 0 spiro atoms. The van der Waals surface area contributed by atoms with Crippen molar-refractivity contribution in [1.82, 2.24) is 15.3 Å². The topological polar surface area (TPSA) is 54.9 Å². The minimum Gasteiger partial charge on any atom is -0.345 e. The lowest BCUT2D eigenvalue weighted by Crippen LogP contribution is -2.22. The van der Waals surface area contributed by atoms with E-state index in [9.17, 15) is 4.79 Å². The summed E-state index contributed by atoms with van der Waals surface area (Å²) in [5.74, 6) is 0.799. The zero-order valence-corrected chi connectivity index (χ0v) is 15.0. The number of hydrogen-bond donors (Lipinski definition) is 1. The van der Waals surface area contributed by atoms with Crippen LogP contribution in [0.15, 0.2) is 0 Å². The van der Waals surface area contributed by atoms with E-state index in [0.717, 1.165) is 45.8 Å². The summed E-state index contributed by atoms with van der Waals surface area (Å²) in [5, 5.41) is 5.17. The SMILES string of the molecule is Cc1nc(CC2CC2)sc1C(=O)NCc1nc2c(s1)CCCC2. The van der Waals surface area contributed by atoms with Gasteiger partial charge in [-0.15, -0.1) is 22.7 Å². The number of nitrogens with zero attached hydrogens (tertiary/aromatic N) is 2. The molecule has 1 saturated carbocycles. The predicted octanol–water partition coefficient (Wildman–Crippen LogP) is 3.67. The Morgan fingerprint density at radius 3 is 2.78 bits per heavy atom. The monoisotopic (exact) mass is 347 g/mol. The van der Waals surface area contributed by atoms with Gasteiger partial charge in [-0.3, -0.25) is 4.79 Å². The molecule has 6 heteroatoms. The van der Waals surface area contributed by atoms with E-state index >= 15 is 0 Å². The molecular formula is C17H21N3OS2. The van der Waals surface area contributed by atoms with E-state index in [0.29, 0.717) is 6.54 Å². The third-order valence-electron chi connectivity index (χ3n) is 4.50. The fourth-order valence-corrected chi connectivity index (χ4v) is 5.23. The number of nitrogens with one attached hydrogen (secondary N) is 1. The van der Waals surface area contributed by atoms with Gasteiger partial charge in [0.05, 0.1) is 22.9 Å². The fraction of sp³-hybridized carbons (Fsp3) is 0.588. The molecule has 2 heterocycles. The molecule has 1 N–H and O–H groups in total. The lowest BCUT2D eigenvalue weighted by molar-refractivity contribution is 0.0954. The van der Waals surface area contributed by atoms with Gasteiger partial charge in [-0.1, -0.05) is 0 Å². The van der Waals surface area contributed by atoms with Gasteiger partial charge in [0, 0.05) is 11.3 Å². The van der Waals surface area contributed by atoms with Crippen LogP contribution in [0.25, 0.3) is 0 Å². The quantitative estimate of drug-likeness (QED) is 0.898. The Bertz CT molecular complexity index is 707. The number of fused-ring (bicyclic) bond motifs is 1. The van der Waals surface area contributed by atoms with E-state index in [1.165, 1.54) is 36.3 Å². The van der Waals surface area contributed by atoms with E-state index in [4.69, 9.17) is 0 Å². The smallest absolute Gasteiger partial charge is 0.263 e. The maximum absolute atomic E-state index is 12.4. The van der Waals surface area contributed by atoms with Crippen LogP contribution in [-0.4, -0.2) is 15.9 Å². The number of aromatic nitrogens is 2. The zero-order valence-electron chi connectivity index (χ0n) is 13.4. The number of hydrogen-bond acceptors (Lipinski definition) is 5. The Hall–Kier alpha value is -1.27. The zero-order chi connectivity index (χ0) is 15.8. The molecule has 0 bridgehead atoms. The summed E-state index contributed by atoms with van der Waals surface area (Å²) in [6, 6.07) is 0. The van der Waals surface area contributed by atoms with Gasteiger partial charge in [0.1, 0.15) is 9.88 Å². The molecular weight excluding hydrogens is 326 g/mol. The van der Waals surface area contributed by atoms with Gasteiger partial charge in [-0.25, -0.2) is 9.97 Å². The molecule has 0 atom stereocenters. The standard InChI is InChI=1S/C17H21N3OS2/c1-10-16(23-14(19-10)8-11-6-7-11)17(21)18-9-15-20-12-4-2-3-5-13(12)22-15/h11H,2-9H2,1H3,(H,18,21). The summed E-state index contributed by atoms with van der Waals surface area (Å²) in [5.41, 5.74) is 2.12. The molecule has 2 aromatic rings. The molecule has 4 nitrogen and oxygen atoms in total. The predicted molar refractivity (Wildman–Crippen MR) is 93.2 cm³/mol. The van der Waals surface area contributed by atoms with Gasteiger partial charge in [0.15, 0.2) is 0 Å². The van der Waals surface area contributed by atoms with Crippen LogP contribution < -0.4 is 5.32 Å². The average Bonchev–Trinajstić information content (AvgIpc) is 3.13. The first-order valence-electron chi connectivity index (χ1n) is 8.41. The molecule has 23 heavy (non-hydrogen) atoms. The van der Waals surface area contributed by atoms with Crippen molar-refractivity contribution in [2.24, 2.45) is 5.92 Å². The molecule has 0 radical (unpaired) electrons. The van der Waals surface area contributed by atoms with Crippen LogP contribution in [0.2, 0.25) is 0 Å². The molecule has 0 unspecified atom stereocenters. The lowest BCUT2D eigenvalue weighted by atomic mass is 10.0. The second-order valence-corrected chi connectivity index (χ2v) is 8.79. The minimum atomic E-state index is -0.00443. The van der Waals surface area contributed by atoms with Gasteiger partial charge < -0.3 is 5.32 Å². The fourth-order valence-electron chi connectivity index (χ4n) is 3.04. The van der Waals surface area contributed by atoms with Gasteiger partial charge in [0.2, 0.25) is 0 Å². The van der Waals surface area contributed by atoms with E-state index in [-0.39, 0.29) is 5.91 Å². The second kappa shape index (κ2) is 6.32. The van der Waals surface area contributed by atoms with Crippen LogP contribution in [0, 0.1) is 12.8 Å². The summed E-state index contributed by atoms with van der Waals surface area (Å²) in [6.45, 7) is 2.47. The van der Waals surface area contributed by atoms with Gasteiger partial charge in [-0.2, -0.15) is 0 Å². The van der Waals surface area contributed by atoms with Gasteiger partial charge in [0.25, 0.3) is 5.91 Å². The Labute approximate surface area is 144 Å². The van der Waals surface area contributed by atoms with Crippen LogP contribution in [0.1, 0.15) is 61.6 Å². The first kappa shape index (κ1) is 15.3. The molecule has 0 saturated heterocycles. The molecule has 122 valence electrons. The van der Waals surface area contributed by atoms with E-state index < -0.39 is 0 Å². The van der Waals surface area contributed by atoms with Crippen LogP contribution >= 0.6 is 22.7 Å². The molecule has 1 fully saturated rings. The average molecular weight is 348 g/mol. The number of rotatable bonds is 5. The van der Waals surface area contributed by atoms with Crippen molar-refractivity contribution in [2.45, 2.75) is 58.4 Å². The van der Waals surface area contributed by atoms with Crippen LogP contribution in [0.5, 0.6) is 0 Å². The van der Waals surface area contributed by atoms with Crippen molar-refractivity contribution in [3.63, 3.8) is 0 Å². The highest BCUT2D eigenvalue weighted by Crippen LogP contribution is 2.34. The molecule has 1 amide bonds. The largest absolute Gasteiger partial charge is 0.345 e. The van der Waals surface area contributed by atoms with Crippen molar-refractivity contribution in [3.05, 3.63) is 31.2 Å². The lowest BCUT2D eigenvalue weighted by Gasteiger charge is -2.06. The van der Waals surface area contributed by atoms with Crippen molar-refractivity contribution in [1.29, 1.82) is 0 Å². The normalized spacial score (nSPS) is 17.1. The number of carbonyl (C=O) groups is 1. The van der Waals surface area contributed by atoms with Crippen LogP contribution in [0.3, 0.4) is 0 Å². The Kier molecular flexibility index (Phi) is 4.20. The number of aryl methyl sites for hydroxylation is 3. The number of amides is 1. The van der Waals surface area contributed by atoms with Crippen molar-refractivity contribution < 1.29 is 4.79 Å². The Balaban J connectivity index is 1.39. The van der Waals surface area contributed by atoms with Crippen LogP contribution in [-0.2, 0) is 25.8 Å². The summed E-state index contributed by atoms with van der Waals surface area (Å²) in [4.78, 5) is 23.9. The van der Waals surface area contributed by atoms with Gasteiger partial charge >= 0.3 is 0 Å². The molecule has 2 aromatic heterocycles.